The first-order valence-electron chi connectivity index (χ1n) is 6.85. The molecule has 0 aromatic heterocycles. The van der Waals surface area contributed by atoms with E-state index in [0.29, 0.717) is 0 Å². The summed E-state index contributed by atoms with van der Waals surface area (Å²) in [6, 6.07) is 8.08. The van der Waals surface area contributed by atoms with Crippen molar-refractivity contribution < 1.29 is 4.74 Å². The lowest BCUT2D eigenvalue weighted by Crippen LogP contribution is -2.52. The summed E-state index contributed by atoms with van der Waals surface area (Å²) in [6.07, 6.45) is 0. The molecule has 1 aromatic rings. The first-order chi connectivity index (χ1) is 9.01. The second kappa shape index (κ2) is 5.90. The maximum Gasteiger partial charge on any atom is 0.119 e. The highest BCUT2D eigenvalue weighted by molar-refractivity contribution is 5.33. The van der Waals surface area contributed by atoms with Gasteiger partial charge in [0.25, 0.3) is 0 Å². The monoisotopic (exact) mass is 263 g/mol. The van der Waals surface area contributed by atoms with Gasteiger partial charge >= 0.3 is 0 Å². The Labute approximate surface area is 116 Å². The smallest absolute Gasteiger partial charge is 0.119 e. The summed E-state index contributed by atoms with van der Waals surface area (Å²) < 4.78 is 5.28. The zero-order chi connectivity index (χ0) is 13.9. The molecule has 1 unspecified atom stereocenters. The number of methoxy groups -OCH3 is 1. The van der Waals surface area contributed by atoms with Crippen molar-refractivity contribution in [3.05, 3.63) is 29.8 Å². The van der Waals surface area contributed by atoms with Gasteiger partial charge in [-0.2, -0.15) is 0 Å². The summed E-state index contributed by atoms with van der Waals surface area (Å²) in [5.74, 6) is 0.868. The summed E-state index contributed by atoms with van der Waals surface area (Å²) in [6.45, 7) is 7.40. The average Bonchev–Trinajstić information content (AvgIpc) is 2.41. The summed E-state index contributed by atoms with van der Waals surface area (Å²) in [7, 11) is 3.86. The number of likely N-dealkylation sites (N-methyl/N-ethyl adjacent to an activating group) is 1. The van der Waals surface area contributed by atoms with Crippen molar-refractivity contribution in [3.63, 3.8) is 0 Å². The zero-order valence-electron chi connectivity index (χ0n) is 12.2. The zero-order valence-corrected chi connectivity index (χ0v) is 12.2. The Morgan fingerprint density at radius 1 is 1.26 bits per heavy atom. The minimum atomic E-state index is -0.343. The van der Waals surface area contributed by atoms with Gasteiger partial charge in [0.2, 0.25) is 0 Å². The van der Waals surface area contributed by atoms with Crippen LogP contribution >= 0.6 is 0 Å². The predicted octanol–water partition coefficient (Wildman–Crippen LogP) is 1.12. The molecule has 1 aliphatic heterocycles. The lowest BCUT2D eigenvalue weighted by Gasteiger charge is -2.37. The lowest BCUT2D eigenvalue weighted by molar-refractivity contribution is 0.130. The molecule has 2 N–H and O–H groups in total. The van der Waals surface area contributed by atoms with Gasteiger partial charge in [-0.1, -0.05) is 12.1 Å². The van der Waals surface area contributed by atoms with Gasteiger partial charge in [0.05, 0.1) is 12.6 Å². The third kappa shape index (κ3) is 3.69. The molecule has 0 saturated carbocycles. The molecule has 4 nitrogen and oxygen atoms in total. The number of hydrogen-bond acceptors (Lipinski definition) is 4. The Kier molecular flexibility index (Phi) is 4.45. The molecule has 2 rings (SSSR count). The molecule has 1 heterocycles. The molecule has 0 aliphatic carbocycles. The van der Waals surface area contributed by atoms with Crippen LogP contribution in [0.4, 0.5) is 0 Å². The minimum absolute atomic E-state index is 0.343. The van der Waals surface area contributed by atoms with Gasteiger partial charge in [-0.15, -0.1) is 0 Å². The number of nitrogens with two attached hydrogens (primary N) is 1. The Balaban J connectivity index is 2.04. The lowest BCUT2D eigenvalue weighted by atomic mass is 9.92. The standard InChI is InChI=1S/C15H25N3O/c1-15(16,12-18-9-7-17(2)8-10-18)13-5-4-6-14(11-13)19-3/h4-6,11H,7-10,12,16H2,1-3H3. The van der Waals surface area contributed by atoms with Gasteiger partial charge in [0.1, 0.15) is 5.75 Å². The topological polar surface area (TPSA) is 41.7 Å². The van der Waals surface area contributed by atoms with E-state index in [1.165, 1.54) is 0 Å². The number of nitrogens with zero attached hydrogens (tertiary/aromatic N) is 2. The molecule has 1 aliphatic rings. The average molecular weight is 263 g/mol. The van der Waals surface area contributed by atoms with Crippen LogP contribution in [0.5, 0.6) is 5.75 Å². The highest BCUT2D eigenvalue weighted by atomic mass is 16.5. The first kappa shape index (κ1) is 14.3. The fraction of sp³-hybridized carbons (Fsp3) is 0.600. The van der Waals surface area contributed by atoms with E-state index in [4.69, 9.17) is 10.5 Å². The third-order valence-electron chi connectivity index (χ3n) is 3.88. The minimum Gasteiger partial charge on any atom is -0.497 e. The van der Waals surface area contributed by atoms with Crippen molar-refractivity contribution in [3.8, 4) is 5.75 Å². The Morgan fingerprint density at radius 3 is 2.58 bits per heavy atom. The summed E-state index contributed by atoms with van der Waals surface area (Å²) in [5.41, 5.74) is 7.30. The van der Waals surface area contributed by atoms with Crippen molar-refractivity contribution in [2.45, 2.75) is 12.5 Å². The van der Waals surface area contributed by atoms with Crippen LogP contribution in [0.1, 0.15) is 12.5 Å². The van der Waals surface area contributed by atoms with Gasteiger partial charge in [-0.3, -0.25) is 4.90 Å². The van der Waals surface area contributed by atoms with E-state index in [2.05, 4.69) is 29.8 Å². The van der Waals surface area contributed by atoms with Gasteiger partial charge < -0.3 is 15.4 Å². The molecule has 1 aromatic carbocycles. The van der Waals surface area contributed by atoms with Gasteiger partial charge in [-0.25, -0.2) is 0 Å². The highest BCUT2D eigenvalue weighted by Gasteiger charge is 2.26. The summed E-state index contributed by atoms with van der Waals surface area (Å²) >= 11 is 0. The molecule has 1 fully saturated rings. The maximum absolute atomic E-state index is 6.52. The number of rotatable bonds is 4. The Hall–Kier alpha value is -1.10. The van der Waals surface area contributed by atoms with Crippen molar-refractivity contribution in [2.24, 2.45) is 5.73 Å². The first-order valence-corrected chi connectivity index (χ1v) is 6.85. The van der Waals surface area contributed by atoms with E-state index >= 15 is 0 Å². The maximum atomic E-state index is 6.52. The molecule has 1 saturated heterocycles. The van der Waals surface area contributed by atoms with Crippen molar-refractivity contribution in [1.29, 1.82) is 0 Å². The van der Waals surface area contributed by atoms with Crippen LogP contribution in [0.15, 0.2) is 24.3 Å². The number of ether oxygens (including phenoxy) is 1. The van der Waals surface area contributed by atoms with Gasteiger partial charge in [0.15, 0.2) is 0 Å². The molecule has 0 spiro atoms. The van der Waals surface area contributed by atoms with Gasteiger partial charge in [0, 0.05) is 32.7 Å². The van der Waals surface area contributed by atoms with Crippen LogP contribution in [0, 0.1) is 0 Å². The fourth-order valence-corrected chi connectivity index (χ4v) is 2.54. The molecule has 4 heteroatoms. The molecule has 106 valence electrons. The molecular formula is C15H25N3O. The SMILES string of the molecule is COc1cccc(C(C)(N)CN2CCN(C)CC2)c1. The molecule has 0 bridgehead atoms. The van der Waals surface area contributed by atoms with Crippen LogP contribution in [0.2, 0.25) is 0 Å². The Morgan fingerprint density at radius 2 is 1.95 bits per heavy atom. The normalized spacial score (nSPS) is 21.1. The molecular weight excluding hydrogens is 238 g/mol. The number of hydrogen-bond donors (Lipinski definition) is 1. The predicted molar refractivity (Wildman–Crippen MR) is 78.5 cm³/mol. The largest absolute Gasteiger partial charge is 0.497 e. The van der Waals surface area contributed by atoms with Crippen LogP contribution in [0.3, 0.4) is 0 Å². The fourth-order valence-electron chi connectivity index (χ4n) is 2.54. The molecule has 0 amide bonds. The third-order valence-corrected chi connectivity index (χ3v) is 3.88. The summed E-state index contributed by atoms with van der Waals surface area (Å²) in [5, 5.41) is 0. The van der Waals surface area contributed by atoms with Crippen LogP contribution in [-0.4, -0.2) is 56.7 Å². The van der Waals surface area contributed by atoms with E-state index in [0.717, 1.165) is 44.0 Å². The van der Waals surface area contributed by atoms with E-state index in [9.17, 15) is 0 Å². The van der Waals surface area contributed by atoms with E-state index in [1.54, 1.807) is 7.11 Å². The van der Waals surface area contributed by atoms with E-state index in [-0.39, 0.29) is 5.54 Å². The van der Waals surface area contributed by atoms with Crippen LogP contribution in [0.25, 0.3) is 0 Å². The molecule has 0 radical (unpaired) electrons. The summed E-state index contributed by atoms with van der Waals surface area (Å²) in [4.78, 5) is 4.80. The quantitative estimate of drug-likeness (QED) is 0.884. The number of piperazine rings is 1. The van der Waals surface area contributed by atoms with E-state index < -0.39 is 0 Å². The number of benzene rings is 1. The van der Waals surface area contributed by atoms with Crippen molar-refractivity contribution >= 4 is 0 Å². The Bertz CT molecular complexity index is 412. The molecule has 19 heavy (non-hydrogen) atoms. The van der Waals surface area contributed by atoms with Crippen molar-refractivity contribution in [1.82, 2.24) is 9.80 Å². The van der Waals surface area contributed by atoms with E-state index in [1.807, 2.05) is 18.2 Å². The molecule has 1 atom stereocenters. The van der Waals surface area contributed by atoms with Crippen molar-refractivity contribution in [2.75, 3.05) is 46.9 Å². The highest BCUT2D eigenvalue weighted by Crippen LogP contribution is 2.23. The van der Waals surface area contributed by atoms with Crippen LogP contribution < -0.4 is 10.5 Å². The van der Waals surface area contributed by atoms with Gasteiger partial charge in [-0.05, 0) is 31.7 Å². The van der Waals surface area contributed by atoms with Crippen LogP contribution in [-0.2, 0) is 5.54 Å². The second-order valence-corrected chi connectivity index (χ2v) is 5.73. The second-order valence-electron chi connectivity index (χ2n) is 5.73.